The first-order valence-corrected chi connectivity index (χ1v) is 12.3. The summed E-state index contributed by atoms with van der Waals surface area (Å²) in [7, 11) is 0. The molecule has 1 aliphatic rings. The molecule has 4 heterocycles. The standard InChI is InChI=1S/C28H22N4O3S/c1-15-7-10-18(11-8-15)24-22(25(33)23-17(3)29-21-6-4-5-13-31(21)23)26(34)27(35)32(24)28-30-19-12-9-16(2)14-20(19)36-28/h4-14,24,33H,1-3H3/b25-22+. The highest BCUT2D eigenvalue weighted by molar-refractivity contribution is 7.22. The number of ketones is 1. The second-order valence-corrected chi connectivity index (χ2v) is 10.0. The number of amides is 1. The van der Waals surface area contributed by atoms with Crippen LogP contribution in [0.2, 0.25) is 0 Å². The van der Waals surface area contributed by atoms with Crippen molar-refractivity contribution in [2.24, 2.45) is 0 Å². The summed E-state index contributed by atoms with van der Waals surface area (Å²) in [5.74, 6) is -1.72. The maximum atomic E-state index is 13.5. The van der Waals surface area contributed by atoms with Gasteiger partial charge in [-0.05, 0) is 56.2 Å². The molecule has 0 spiro atoms. The zero-order valence-electron chi connectivity index (χ0n) is 19.9. The number of thiazole rings is 1. The molecular formula is C28H22N4O3S. The van der Waals surface area contributed by atoms with Gasteiger partial charge in [-0.3, -0.25) is 18.9 Å². The van der Waals surface area contributed by atoms with Crippen LogP contribution in [-0.4, -0.2) is 31.2 Å². The minimum Gasteiger partial charge on any atom is -0.505 e. The Bertz CT molecular complexity index is 1730. The van der Waals surface area contributed by atoms with Crippen molar-refractivity contribution in [3.63, 3.8) is 0 Å². The Hall–Kier alpha value is -4.30. The van der Waals surface area contributed by atoms with E-state index < -0.39 is 17.7 Å². The highest BCUT2D eigenvalue weighted by Crippen LogP contribution is 2.44. The molecule has 1 saturated heterocycles. The molecule has 6 rings (SSSR count). The summed E-state index contributed by atoms with van der Waals surface area (Å²) in [6.45, 7) is 5.74. The number of benzene rings is 2. The molecule has 2 aromatic carbocycles. The maximum absolute atomic E-state index is 13.5. The number of nitrogens with zero attached hydrogens (tertiary/aromatic N) is 4. The number of hydrogen-bond acceptors (Lipinski definition) is 6. The topological polar surface area (TPSA) is 87.8 Å². The summed E-state index contributed by atoms with van der Waals surface area (Å²) >= 11 is 1.35. The average Bonchev–Trinajstić information content (AvgIpc) is 3.50. The van der Waals surface area contributed by atoms with E-state index in [1.54, 1.807) is 17.5 Å². The number of aliphatic hydroxyl groups excluding tert-OH is 1. The van der Waals surface area contributed by atoms with Crippen LogP contribution >= 0.6 is 11.3 Å². The Morgan fingerprint density at radius 3 is 2.47 bits per heavy atom. The van der Waals surface area contributed by atoms with Gasteiger partial charge in [-0.25, -0.2) is 9.97 Å². The Labute approximate surface area is 211 Å². The number of carbonyl (C=O) groups excluding carboxylic acids is 2. The van der Waals surface area contributed by atoms with E-state index in [1.807, 2.05) is 74.5 Å². The number of anilines is 1. The Kier molecular flexibility index (Phi) is 5.01. The number of hydrogen-bond donors (Lipinski definition) is 1. The first-order valence-electron chi connectivity index (χ1n) is 11.5. The Morgan fingerprint density at radius 1 is 0.944 bits per heavy atom. The van der Waals surface area contributed by atoms with E-state index in [4.69, 9.17) is 0 Å². The SMILES string of the molecule is Cc1ccc(C2/C(=C(\O)c3c(C)nc4ccccn34)C(=O)C(=O)N2c2nc3ccc(C)cc3s2)cc1. The van der Waals surface area contributed by atoms with Crippen molar-refractivity contribution >= 4 is 49.8 Å². The molecule has 178 valence electrons. The van der Waals surface area contributed by atoms with Crippen molar-refractivity contribution < 1.29 is 14.7 Å². The summed E-state index contributed by atoms with van der Waals surface area (Å²) in [6.07, 6.45) is 1.78. The fourth-order valence-electron chi connectivity index (χ4n) is 4.74. The normalized spacial score (nSPS) is 17.5. The van der Waals surface area contributed by atoms with Crippen molar-refractivity contribution in [2.45, 2.75) is 26.8 Å². The van der Waals surface area contributed by atoms with E-state index in [0.29, 0.717) is 27.7 Å². The van der Waals surface area contributed by atoms with Crippen LogP contribution in [0.3, 0.4) is 0 Å². The van der Waals surface area contributed by atoms with Crippen LogP contribution in [0, 0.1) is 20.8 Å². The van der Waals surface area contributed by atoms with Gasteiger partial charge in [-0.2, -0.15) is 0 Å². The lowest BCUT2D eigenvalue weighted by Gasteiger charge is -2.23. The van der Waals surface area contributed by atoms with Gasteiger partial charge in [-0.15, -0.1) is 0 Å². The lowest BCUT2D eigenvalue weighted by atomic mass is 9.96. The van der Waals surface area contributed by atoms with E-state index >= 15 is 0 Å². The predicted molar refractivity (Wildman–Crippen MR) is 140 cm³/mol. The van der Waals surface area contributed by atoms with Gasteiger partial charge < -0.3 is 5.11 Å². The third-order valence-electron chi connectivity index (χ3n) is 6.50. The van der Waals surface area contributed by atoms with Gasteiger partial charge in [0.1, 0.15) is 11.3 Å². The minimum atomic E-state index is -0.832. The second kappa shape index (κ2) is 8.13. The van der Waals surface area contributed by atoms with Crippen LogP contribution in [0.5, 0.6) is 0 Å². The molecule has 0 bridgehead atoms. The molecule has 5 aromatic rings. The van der Waals surface area contributed by atoms with Crippen molar-refractivity contribution in [1.82, 2.24) is 14.4 Å². The molecule has 8 heteroatoms. The number of fused-ring (bicyclic) bond motifs is 2. The van der Waals surface area contributed by atoms with E-state index in [2.05, 4.69) is 9.97 Å². The molecule has 0 radical (unpaired) electrons. The Morgan fingerprint density at radius 2 is 1.69 bits per heavy atom. The van der Waals surface area contributed by atoms with Crippen molar-refractivity contribution in [2.75, 3.05) is 4.90 Å². The summed E-state index contributed by atoms with van der Waals surface area (Å²) in [4.78, 5) is 37.7. The molecule has 0 aliphatic carbocycles. The number of rotatable bonds is 3. The molecule has 0 saturated carbocycles. The lowest BCUT2D eigenvalue weighted by Crippen LogP contribution is -2.29. The smallest absolute Gasteiger partial charge is 0.301 e. The number of aromatic nitrogens is 3. The maximum Gasteiger partial charge on any atom is 0.301 e. The molecule has 7 nitrogen and oxygen atoms in total. The number of imidazole rings is 1. The number of Topliss-reactive ketones (excluding diaryl/α,β-unsaturated/α-hetero) is 1. The van der Waals surface area contributed by atoms with Gasteiger partial charge in [0.15, 0.2) is 10.9 Å². The first-order chi connectivity index (χ1) is 17.3. The molecule has 1 atom stereocenters. The average molecular weight is 495 g/mol. The number of pyridine rings is 1. The quantitative estimate of drug-likeness (QED) is 0.203. The van der Waals surface area contributed by atoms with Gasteiger partial charge in [0.2, 0.25) is 0 Å². The summed E-state index contributed by atoms with van der Waals surface area (Å²) in [6, 6.07) is 18.2. The molecule has 36 heavy (non-hydrogen) atoms. The molecule has 1 N–H and O–H groups in total. The second-order valence-electron chi connectivity index (χ2n) is 9.02. The van der Waals surface area contributed by atoms with Gasteiger partial charge in [0.05, 0.1) is 27.5 Å². The van der Waals surface area contributed by atoms with E-state index in [-0.39, 0.29) is 11.3 Å². The monoisotopic (exact) mass is 494 g/mol. The number of aryl methyl sites for hydroxylation is 3. The third kappa shape index (κ3) is 3.33. The fourth-order valence-corrected chi connectivity index (χ4v) is 5.83. The van der Waals surface area contributed by atoms with Crippen molar-refractivity contribution in [3.8, 4) is 0 Å². The third-order valence-corrected chi connectivity index (χ3v) is 7.52. The molecule has 1 aliphatic heterocycles. The van der Waals surface area contributed by atoms with Crippen LogP contribution in [0.15, 0.2) is 72.4 Å². The summed E-state index contributed by atoms with van der Waals surface area (Å²) in [5, 5.41) is 12.0. The summed E-state index contributed by atoms with van der Waals surface area (Å²) in [5.41, 5.74) is 5.20. The molecule has 3 aromatic heterocycles. The van der Waals surface area contributed by atoms with Gasteiger partial charge in [0, 0.05) is 6.20 Å². The first kappa shape index (κ1) is 22.2. The fraction of sp³-hybridized carbons (Fsp3) is 0.143. The molecule has 1 amide bonds. The van der Waals surface area contributed by atoms with E-state index in [1.165, 1.54) is 16.2 Å². The van der Waals surface area contributed by atoms with Crippen LogP contribution in [0.25, 0.3) is 21.6 Å². The van der Waals surface area contributed by atoms with Crippen LogP contribution in [-0.2, 0) is 9.59 Å². The zero-order valence-corrected chi connectivity index (χ0v) is 20.7. The molecule has 1 fully saturated rings. The number of aliphatic hydroxyl groups is 1. The van der Waals surface area contributed by atoms with E-state index in [0.717, 1.165) is 21.3 Å². The Balaban J connectivity index is 1.61. The predicted octanol–water partition coefficient (Wildman–Crippen LogP) is 5.50. The number of carbonyl (C=O) groups is 2. The van der Waals surface area contributed by atoms with Gasteiger partial charge >= 0.3 is 5.91 Å². The van der Waals surface area contributed by atoms with Crippen LogP contribution in [0.1, 0.15) is 34.1 Å². The zero-order chi connectivity index (χ0) is 25.1. The highest BCUT2D eigenvalue weighted by Gasteiger charge is 2.48. The van der Waals surface area contributed by atoms with Gasteiger partial charge in [0.25, 0.3) is 5.78 Å². The van der Waals surface area contributed by atoms with Crippen molar-refractivity contribution in [1.29, 1.82) is 0 Å². The van der Waals surface area contributed by atoms with Crippen molar-refractivity contribution in [3.05, 3.63) is 101 Å². The van der Waals surface area contributed by atoms with Crippen LogP contribution < -0.4 is 4.90 Å². The highest BCUT2D eigenvalue weighted by atomic mass is 32.1. The van der Waals surface area contributed by atoms with E-state index in [9.17, 15) is 14.7 Å². The van der Waals surface area contributed by atoms with Crippen LogP contribution in [0.4, 0.5) is 5.13 Å². The summed E-state index contributed by atoms with van der Waals surface area (Å²) < 4.78 is 2.65. The molecule has 1 unspecified atom stereocenters. The minimum absolute atomic E-state index is 0.0213. The van der Waals surface area contributed by atoms with Gasteiger partial charge in [-0.1, -0.05) is 53.3 Å². The molecular weight excluding hydrogens is 472 g/mol. The lowest BCUT2D eigenvalue weighted by molar-refractivity contribution is -0.132. The largest absolute Gasteiger partial charge is 0.505 e.